The maximum atomic E-state index is 12.5. The Bertz CT molecular complexity index is 640. The van der Waals surface area contributed by atoms with Crippen molar-refractivity contribution < 1.29 is 9.90 Å². The number of aryl methyl sites for hydroxylation is 1. The number of thiophene rings is 1. The predicted molar refractivity (Wildman–Crippen MR) is 90.2 cm³/mol. The Balaban J connectivity index is 2.20. The highest BCUT2D eigenvalue weighted by molar-refractivity contribution is 7.08. The molecule has 0 aromatic carbocycles. The van der Waals surface area contributed by atoms with Gasteiger partial charge in [-0.2, -0.15) is 11.3 Å². The molecule has 5 heteroatoms. The molecule has 0 bridgehead atoms. The van der Waals surface area contributed by atoms with Crippen LogP contribution in [0, 0.1) is 6.92 Å². The van der Waals surface area contributed by atoms with Gasteiger partial charge in [-0.1, -0.05) is 6.92 Å². The third-order valence-corrected chi connectivity index (χ3v) is 4.69. The first-order valence-corrected chi connectivity index (χ1v) is 8.37. The molecule has 2 aromatic heterocycles. The largest absolute Gasteiger partial charge is 0.396 e. The summed E-state index contributed by atoms with van der Waals surface area (Å²) in [6, 6.07) is 5.71. The Morgan fingerprint density at radius 2 is 2.18 bits per heavy atom. The predicted octanol–water partition coefficient (Wildman–Crippen LogP) is 3.40. The molecule has 4 nitrogen and oxygen atoms in total. The molecule has 1 atom stereocenters. The summed E-state index contributed by atoms with van der Waals surface area (Å²) in [4.78, 5) is 17.0. The summed E-state index contributed by atoms with van der Waals surface area (Å²) in [5.41, 5.74) is 2.84. The van der Waals surface area contributed by atoms with E-state index in [-0.39, 0.29) is 12.5 Å². The molecule has 118 valence electrons. The lowest BCUT2D eigenvalue weighted by molar-refractivity contribution is 0.0885. The van der Waals surface area contributed by atoms with E-state index in [1.807, 2.05) is 49.7 Å². The van der Waals surface area contributed by atoms with Crippen molar-refractivity contribution in [1.29, 1.82) is 0 Å². The Kier molecular flexibility index (Phi) is 5.32. The number of hydrogen-bond donors (Lipinski definition) is 2. The summed E-state index contributed by atoms with van der Waals surface area (Å²) in [5, 5.41) is 16.2. The number of nitrogens with zero attached hydrogens (tertiary/aromatic N) is 1. The number of aliphatic hydroxyl groups is 1. The van der Waals surface area contributed by atoms with Gasteiger partial charge < -0.3 is 10.4 Å². The van der Waals surface area contributed by atoms with Crippen LogP contribution in [0.2, 0.25) is 0 Å². The zero-order chi connectivity index (χ0) is 16.2. The molecule has 2 heterocycles. The second-order valence-corrected chi connectivity index (χ2v) is 6.46. The average Bonchev–Trinajstić information content (AvgIpc) is 3.01. The van der Waals surface area contributed by atoms with Crippen molar-refractivity contribution in [1.82, 2.24) is 10.3 Å². The zero-order valence-electron chi connectivity index (χ0n) is 13.2. The Hall–Kier alpha value is -1.72. The van der Waals surface area contributed by atoms with E-state index in [1.54, 1.807) is 11.3 Å². The van der Waals surface area contributed by atoms with Gasteiger partial charge in [0, 0.05) is 23.1 Å². The van der Waals surface area contributed by atoms with Crippen molar-refractivity contribution in [2.24, 2.45) is 0 Å². The van der Waals surface area contributed by atoms with E-state index in [9.17, 15) is 4.79 Å². The molecule has 2 aromatic rings. The molecule has 2 N–H and O–H groups in total. The lowest BCUT2D eigenvalue weighted by atomic mass is 9.94. The Morgan fingerprint density at radius 1 is 1.41 bits per heavy atom. The van der Waals surface area contributed by atoms with Crippen molar-refractivity contribution >= 4 is 17.2 Å². The number of carbonyl (C=O) groups excluding carboxylic acids is 1. The third kappa shape index (κ3) is 3.72. The minimum Gasteiger partial charge on any atom is -0.396 e. The monoisotopic (exact) mass is 318 g/mol. The number of aliphatic hydroxyl groups excluding tert-OH is 1. The molecular weight excluding hydrogens is 296 g/mol. The minimum atomic E-state index is -0.399. The Labute approximate surface area is 135 Å². The van der Waals surface area contributed by atoms with Crippen LogP contribution >= 0.6 is 11.3 Å². The van der Waals surface area contributed by atoms with Crippen LogP contribution in [0.25, 0.3) is 11.3 Å². The normalized spacial score (nSPS) is 13.6. The van der Waals surface area contributed by atoms with Crippen LogP contribution in [-0.4, -0.2) is 28.1 Å². The number of rotatable bonds is 6. The van der Waals surface area contributed by atoms with Gasteiger partial charge in [-0.05, 0) is 50.3 Å². The molecule has 0 aliphatic rings. The van der Waals surface area contributed by atoms with Crippen LogP contribution in [0.3, 0.4) is 0 Å². The molecule has 2 rings (SSSR count). The number of amides is 1. The second kappa shape index (κ2) is 7.03. The molecule has 0 saturated carbocycles. The summed E-state index contributed by atoms with van der Waals surface area (Å²) < 4.78 is 0. The fourth-order valence-corrected chi connectivity index (χ4v) is 2.94. The van der Waals surface area contributed by atoms with Crippen LogP contribution in [0.1, 0.15) is 42.7 Å². The molecule has 1 unspecified atom stereocenters. The fraction of sp³-hybridized carbons (Fsp3) is 0.412. The Morgan fingerprint density at radius 3 is 2.73 bits per heavy atom. The summed E-state index contributed by atoms with van der Waals surface area (Å²) in [5.74, 6) is -0.139. The van der Waals surface area contributed by atoms with Gasteiger partial charge >= 0.3 is 0 Å². The van der Waals surface area contributed by atoms with Gasteiger partial charge in [0.05, 0.1) is 17.0 Å². The van der Waals surface area contributed by atoms with Crippen LogP contribution in [0.15, 0.2) is 29.0 Å². The summed E-state index contributed by atoms with van der Waals surface area (Å²) in [7, 11) is 0. The van der Waals surface area contributed by atoms with E-state index in [4.69, 9.17) is 5.11 Å². The van der Waals surface area contributed by atoms with E-state index in [2.05, 4.69) is 10.3 Å². The molecule has 0 spiro atoms. The highest BCUT2D eigenvalue weighted by Gasteiger charge is 2.25. The molecule has 1 amide bonds. The average molecular weight is 318 g/mol. The van der Waals surface area contributed by atoms with E-state index in [0.29, 0.717) is 17.7 Å². The van der Waals surface area contributed by atoms with Crippen LogP contribution in [0.5, 0.6) is 0 Å². The molecule has 0 radical (unpaired) electrons. The molecule has 22 heavy (non-hydrogen) atoms. The third-order valence-electron chi connectivity index (χ3n) is 4.01. The number of aromatic nitrogens is 1. The lowest BCUT2D eigenvalue weighted by Crippen LogP contribution is -2.46. The first-order chi connectivity index (χ1) is 10.5. The maximum absolute atomic E-state index is 12.5. The number of nitrogens with one attached hydrogen (secondary N) is 1. The molecule has 0 saturated heterocycles. The van der Waals surface area contributed by atoms with E-state index >= 15 is 0 Å². The van der Waals surface area contributed by atoms with Gasteiger partial charge in [-0.25, -0.2) is 0 Å². The molecule has 0 fully saturated rings. The summed E-state index contributed by atoms with van der Waals surface area (Å²) in [6.07, 6.45) is 1.30. The minimum absolute atomic E-state index is 0.0545. The standard InChI is InChI=1S/C17H22N2O2S/c1-4-17(3,8-9-20)19-16(21)14-5-6-15(18-12(14)2)13-7-10-22-11-13/h5-7,10-11,20H,4,8-9H2,1-3H3,(H,19,21). The van der Waals surface area contributed by atoms with Crippen LogP contribution < -0.4 is 5.32 Å². The highest BCUT2D eigenvalue weighted by atomic mass is 32.1. The number of pyridine rings is 1. The van der Waals surface area contributed by atoms with Gasteiger partial charge in [0.2, 0.25) is 0 Å². The smallest absolute Gasteiger partial charge is 0.253 e. The van der Waals surface area contributed by atoms with Gasteiger partial charge in [0.15, 0.2) is 0 Å². The lowest BCUT2D eigenvalue weighted by Gasteiger charge is -2.29. The van der Waals surface area contributed by atoms with Gasteiger partial charge in [0.25, 0.3) is 5.91 Å². The van der Waals surface area contributed by atoms with E-state index < -0.39 is 5.54 Å². The van der Waals surface area contributed by atoms with Crippen molar-refractivity contribution in [3.8, 4) is 11.3 Å². The topological polar surface area (TPSA) is 62.2 Å². The van der Waals surface area contributed by atoms with Crippen molar-refractivity contribution in [3.05, 3.63) is 40.2 Å². The van der Waals surface area contributed by atoms with Crippen LogP contribution in [0.4, 0.5) is 0 Å². The van der Waals surface area contributed by atoms with Gasteiger partial charge in [-0.15, -0.1) is 0 Å². The SMILES string of the molecule is CCC(C)(CCO)NC(=O)c1ccc(-c2ccsc2)nc1C. The first kappa shape index (κ1) is 16.6. The first-order valence-electron chi connectivity index (χ1n) is 7.42. The zero-order valence-corrected chi connectivity index (χ0v) is 14.0. The second-order valence-electron chi connectivity index (χ2n) is 5.68. The van der Waals surface area contributed by atoms with Crippen molar-refractivity contribution in [3.63, 3.8) is 0 Å². The van der Waals surface area contributed by atoms with Gasteiger partial charge in [0.1, 0.15) is 0 Å². The van der Waals surface area contributed by atoms with E-state index in [1.165, 1.54) is 0 Å². The molecule has 0 aliphatic carbocycles. The van der Waals surface area contributed by atoms with E-state index in [0.717, 1.165) is 17.7 Å². The summed E-state index contributed by atoms with van der Waals surface area (Å²) >= 11 is 1.62. The molecular formula is C17H22N2O2S. The fourth-order valence-electron chi connectivity index (χ4n) is 2.29. The quantitative estimate of drug-likeness (QED) is 0.858. The van der Waals surface area contributed by atoms with Gasteiger partial charge in [-0.3, -0.25) is 9.78 Å². The highest BCUT2D eigenvalue weighted by Crippen LogP contribution is 2.22. The van der Waals surface area contributed by atoms with Crippen molar-refractivity contribution in [2.45, 2.75) is 39.2 Å². The molecule has 0 aliphatic heterocycles. The number of carbonyl (C=O) groups is 1. The van der Waals surface area contributed by atoms with Crippen LogP contribution in [-0.2, 0) is 0 Å². The summed E-state index contributed by atoms with van der Waals surface area (Å²) in [6.45, 7) is 5.85. The van der Waals surface area contributed by atoms with Crippen molar-refractivity contribution in [2.75, 3.05) is 6.61 Å². The number of hydrogen-bond acceptors (Lipinski definition) is 4. The maximum Gasteiger partial charge on any atom is 0.253 e.